The van der Waals surface area contributed by atoms with Crippen molar-refractivity contribution in [2.45, 2.75) is 32.1 Å². The molecule has 1 atom stereocenters. The Morgan fingerprint density at radius 3 is 2.79 bits per heavy atom. The van der Waals surface area contributed by atoms with Gasteiger partial charge in [-0.2, -0.15) is 23.5 Å². The molecule has 0 bridgehead atoms. The van der Waals surface area contributed by atoms with Crippen molar-refractivity contribution in [2.24, 2.45) is 0 Å². The van der Waals surface area contributed by atoms with Crippen molar-refractivity contribution in [3.05, 3.63) is 63.1 Å². The molecule has 0 saturated heterocycles. The first-order valence-corrected chi connectivity index (χ1v) is 9.71. The highest BCUT2D eigenvalue weighted by molar-refractivity contribution is 7.12. The molecular weight excluding hydrogens is 385 g/mol. The molecule has 3 aromatic rings. The molecule has 4 rings (SSSR count). The number of halogens is 3. The van der Waals surface area contributed by atoms with Gasteiger partial charge >= 0.3 is 6.18 Å². The van der Waals surface area contributed by atoms with E-state index in [1.807, 2.05) is 18.2 Å². The Balaban J connectivity index is 1.88. The summed E-state index contributed by atoms with van der Waals surface area (Å²) in [7, 11) is 0. The van der Waals surface area contributed by atoms with Gasteiger partial charge in [0, 0.05) is 42.2 Å². The highest BCUT2D eigenvalue weighted by Gasteiger charge is 2.38. The van der Waals surface area contributed by atoms with Crippen LogP contribution in [0.5, 0.6) is 0 Å². The third-order valence-electron chi connectivity index (χ3n) is 4.94. The number of hydrogen-bond donors (Lipinski definition) is 1. The first kappa shape index (κ1) is 18.7. The molecular formula is C20H17F3N4S. The second-order valence-corrected chi connectivity index (χ2v) is 7.75. The maximum absolute atomic E-state index is 13.6. The number of fused-ring (bicyclic) bond motifs is 1. The minimum absolute atomic E-state index is 0.0906. The lowest BCUT2D eigenvalue weighted by Gasteiger charge is -2.26. The number of nitriles is 1. The SMILES string of the molecule is CCn1cc(-c2ccccc2[C@@H]2CNCc3sc(C#N)cc32)c(C(F)(F)F)n1. The molecule has 1 aliphatic heterocycles. The minimum Gasteiger partial charge on any atom is -0.311 e. The maximum Gasteiger partial charge on any atom is 0.435 e. The van der Waals surface area contributed by atoms with Crippen molar-refractivity contribution in [3.8, 4) is 17.2 Å². The zero-order valence-corrected chi connectivity index (χ0v) is 15.9. The summed E-state index contributed by atoms with van der Waals surface area (Å²) in [6.07, 6.45) is -3.07. The van der Waals surface area contributed by atoms with Crippen LogP contribution >= 0.6 is 11.3 Å². The molecule has 0 aliphatic carbocycles. The monoisotopic (exact) mass is 402 g/mol. The van der Waals surface area contributed by atoms with Crippen LogP contribution < -0.4 is 5.32 Å². The van der Waals surface area contributed by atoms with Gasteiger partial charge in [0.15, 0.2) is 5.69 Å². The molecule has 144 valence electrons. The van der Waals surface area contributed by atoms with Crippen molar-refractivity contribution in [2.75, 3.05) is 6.54 Å². The predicted molar refractivity (Wildman–Crippen MR) is 101 cm³/mol. The topological polar surface area (TPSA) is 53.6 Å². The molecule has 1 N–H and O–H groups in total. The maximum atomic E-state index is 13.6. The fraction of sp³-hybridized carbons (Fsp3) is 0.300. The Bertz CT molecular complexity index is 1060. The zero-order valence-electron chi connectivity index (χ0n) is 15.0. The van der Waals surface area contributed by atoms with Gasteiger partial charge in [0.2, 0.25) is 0 Å². The lowest BCUT2D eigenvalue weighted by molar-refractivity contribution is -0.141. The first-order valence-electron chi connectivity index (χ1n) is 8.89. The Hall–Kier alpha value is -2.63. The zero-order chi connectivity index (χ0) is 19.9. The smallest absolute Gasteiger partial charge is 0.311 e. The van der Waals surface area contributed by atoms with Gasteiger partial charge in [-0.3, -0.25) is 4.68 Å². The van der Waals surface area contributed by atoms with Crippen LogP contribution in [0.15, 0.2) is 36.5 Å². The predicted octanol–water partition coefficient (Wildman–Crippen LogP) is 4.76. The summed E-state index contributed by atoms with van der Waals surface area (Å²) in [4.78, 5) is 1.67. The van der Waals surface area contributed by atoms with Crippen LogP contribution in [0, 0.1) is 11.3 Å². The summed E-state index contributed by atoms with van der Waals surface area (Å²) >= 11 is 1.43. The number of nitrogens with zero attached hydrogens (tertiary/aromatic N) is 3. The summed E-state index contributed by atoms with van der Waals surface area (Å²) in [5, 5.41) is 16.3. The van der Waals surface area contributed by atoms with Gasteiger partial charge in [-0.05, 0) is 29.7 Å². The van der Waals surface area contributed by atoms with Crippen LogP contribution in [0.3, 0.4) is 0 Å². The molecule has 1 aliphatic rings. The van der Waals surface area contributed by atoms with E-state index in [0.29, 0.717) is 30.1 Å². The van der Waals surface area contributed by atoms with Gasteiger partial charge in [-0.25, -0.2) is 0 Å². The third kappa shape index (κ3) is 3.21. The van der Waals surface area contributed by atoms with E-state index < -0.39 is 11.9 Å². The van der Waals surface area contributed by atoms with E-state index in [-0.39, 0.29) is 11.5 Å². The fourth-order valence-electron chi connectivity index (χ4n) is 3.68. The lowest BCUT2D eigenvalue weighted by Crippen LogP contribution is -2.27. The highest BCUT2D eigenvalue weighted by atomic mass is 32.1. The van der Waals surface area contributed by atoms with Crippen molar-refractivity contribution >= 4 is 11.3 Å². The van der Waals surface area contributed by atoms with Crippen molar-refractivity contribution < 1.29 is 13.2 Å². The van der Waals surface area contributed by atoms with Gasteiger partial charge in [0.25, 0.3) is 0 Å². The Labute approximate surface area is 164 Å². The number of hydrogen-bond acceptors (Lipinski definition) is 4. The number of thiophene rings is 1. The minimum atomic E-state index is -4.53. The summed E-state index contributed by atoms with van der Waals surface area (Å²) in [5.74, 6) is -0.121. The third-order valence-corrected chi connectivity index (χ3v) is 6.00. The Morgan fingerprint density at radius 2 is 2.07 bits per heavy atom. The molecule has 0 saturated carbocycles. The fourth-order valence-corrected chi connectivity index (χ4v) is 4.67. The lowest BCUT2D eigenvalue weighted by atomic mass is 9.84. The van der Waals surface area contributed by atoms with Crippen molar-refractivity contribution in [1.82, 2.24) is 15.1 Å². The number of aromatic nitrogens is 2. The Kier molecular flexibility index (Phi) is 4.73. The first-order chi connectivity index (χ1) is 13.4. The Morgan fingerprint density at radius 1 is 1.29 bits per heavy atom. The number of nitrogens with one attached hydrogen (secondary N) is 1. The van der Waals surface area contributed by atoms with Crippen LogP contribution in [-0.2, 0) is 19.3 Å². The van der Waals surface area contributed by atoms with Crippen molar-refractivity contribution in [1.29, 1.82) is 5.26 Å². The molecule has 3 heterocycles. The van der Waals surface area contributed by atoms with E-state index >= 15 is 0 Å². The molecule has 0 amide bonds. The molecule has 0 spiro atoms. The van der Waals surface area contributed by atoms with Gasteiger partial charge in [-0.1, -0.05) is 24.3 Å². The summed E-state index contributed by atoms with van der Waals surface area (Å²) in [6, 6.07) is 11.2. The molecule has 2 aromatic heterocycles. The summed E-state index contributed by atoms with van der Waals surface area (Å²) in [6.45, 7) is 3.39. The number of aryl methyl sites for hydroxylation is 1. The van der Waals surface area contributed by atoms with Gasteiger partial charge < -0.3 is 5.32 Å². The van der Waals surface area contributed by atoms with Crippen LogP contribution in [0.25, 0.3) is 11.1 Å². The van der Waals surface area contributed by atoms with E-state index in [1.54, 1.807) is 19.1 Å². The average molecular weight is 402 g/mol. The molecule has 0 unspecified atom stereocenters. The second kappa shape index (κ2) is 7.08. The number of benzene rings is 1. The quantitative estimate of drug-likeness (QED) is 0.687. The molecule has 8 heteroatoms. The van der Waals surface area contributed by atoms with Gasteiger partial charge in [0.05, 0.1) is 0 Å². The van der Waals surface area contributed by atoms with E-state index in [9.17, 15) is 18.4 Å². The normalized spacial score (nSPS) is 16.6. The molecule has 1 aromatic carbocycles. The van der Waals surface area contributed by atoms with E-state index in [0.717, 1.165) is 16.0 Å². The molecule has 4 nitrogen and oxygen atoms in total. The van der Waals surface area contributed by atoms with Crippen LogP contribution in [-0.4, -0.2) is 16.3 Å². The average Bonchev–Trinajstić information content (AvgIpc) is 3.31. The van der Waals surface area contributed by atoms with Crippen LogP contribution in [0.4, 0.5) is 13.2 Å². The molecule has 28 heavy (non-hydrogen) atoms. The highest BCUT2D eigenvalue weighted by Crippen LogP contribution is 2.42. The largest absolute Gasteiger partial charge is 0.435 e. The summed E-state index contributed by atoms with van der Waals surface area (Å²) in [5.41, 5.74) is 1.57. The van der Waals surface area contributed by atoms with E-state index in [1.165, 1.54) is 22.2 Å². The van der Waals surface area contributed by atoms with Crippen LogP contribution in [0.1, 0.15) is 39.4 Å². The van der Waals surface area contributed by atoms with Gasteiger partial charge in [-0.15, -0.1) is 11.3 Å². The van der Waals surface area contributed by atoms with Crippen LogP contribution in [0.2, 0.25) is 0 Å². The number of alkyl halides is 3. The molecule has 0 fully saturated rings. The molecule has 0 radical (unpaired) electrons. The second-order valence-electron chi connectivity index (χ2n) is 6.62. The van der Waals surface area contributed by atoms with E-state index in [4.69, 9.17) is 0 Å². The van der Waals surface area contributed by atoms with Gasteiger partial charge in [0.1, 0.15) is 10.9 Å². The van der Waals surface area contributed by atoms with Crippen molar-refractivity contribution in [3.63, 3.8) is 0 Å². The summed E-state index contributed by atoms with van der Waals surface area (Å²) < 4.78 is 42.2. The number of rotatable bonds is 3. The standard InChI is InChI=1S/C20H17F3N4S/c1-2-27-11-17(19(26-27)20(21,22)23)14-6-4-3-5-13(14)16-9-25-10-18-15(16)7-12(8-24)28-18/h3-7,11,16,25H,2,9-10H2,1H3/t16-/m0/s1. The van der Waals surface area contributed by atoms with E-state index in [2.05, 4.69) is 16.5 Å².